The van der Waals surface area contributed by atoms with Crippen molar-refractivity contribution < 1.29 is 4.74 Å². The quantitative estimate of drug-likeness (QED) is 0.768. The Kier molecular flexibility index (Phi) is 2.97. The Morgan fingerprint density at radius 1 is 1.67 bits per heavy atom. The maximum atomic E-state index is 5.77. The third-order valence-corrected chi connectivity index (χ3v) is 2.91. The Bertz CT molecular complexity index is 324. The van der Waals surface area contributed by atoms with Gasteiger partial charge in [0.15, 0.2) is 5.82 Å². The first-order chi connectivity index (χ1) is 7.18. The van der Waals surface area contributed by atoms with E-state index >= 15 is 0 Å². The van der Waals surface area contributed by atoms with Gasteiger partial charge in [-0.2, -0.15) is 0 Å². The second kappa shape index (κ2) is 4.24. The van der Waals surface area contributed by atoms with E-state index in [1.54, 1.807) is 4.68 Å². The summed E-state index contributed by atoms with van der Waals surface area (Å²) >= 11 is 0. The minimum atomic E-state index is -0.127. The van der Waals surface area contributed by atoms with E-state index in [-0.39, 0.29) is 12.1 Å². The van der Waals surface area contributed by atoms with Crippen molar-refractivity contribution in [3.05, 3.63) is 5.82 Å². The van der Waals surface area contributed by atoms with E-state index in [1.165, 1.54) is 0 Å². The van der Waals surface area contributed by atoms with Crippen molar-refractivity contribution in [2.75, 3.05) is 6.61 Å². The third-order valence-electron chi connectivity index (χ3n) is 2.91. The highest BCUT2D eigenvalue weighted by molar-refractivity contribution is 4.88. The fourth-order valence-electron chi connectivity index (χ4n) is 1.91. The lowest BCUT2D eigenvalue weighted by Gasteiger charge is -2.15. The second-order valence-electron chi connectivity index (χ2n) is 4.13. The van der Waals surface area contributed by atoms with Crippen LogP contribution in [0.15, 0.2) is 0 Å². The number of nitrogens with zero attached hydrogens (tertiary/aromatic N) is 4. The lowest BCUT2D eigenvalue weighted by Crippen LogP contribution is -2.22. The van der Waals surface area contributed by atoms with E-state index in [4.69, 9.17) is 10.5 Å². The van der Waals surface area contributed by atoms with Crippen LogP contribution in [0.4, 0.5) is 0 Å². The topological polar surface area (TPSA) is 78.9 Å². The van der Waals surface area contributed by atoms with Crippen molar-refractivity contribution in [3.8, 4) is 0 Å². The van der Waals surface area contributed by atoms with Gasteiger partial charge in [0, 0.05) is 12.5 Å². The Hall–Kier alpha value is -1.01. The molecule has 0 bridgehead atoms. The Labute approximate surface area is 88.8 Å². The molecule has 3 unspecified atom stereocenters. The fourth-order valence-corrected chi connectivity index (χ4v) is 1.91. The van der Waals surface area contributed by atoms with Crippen LogP contribution < -0.4 is 5.73 Å². The van der Waals surface area contributed by atoms with E-state index in [0.717, 1.165) is 25.4 Å². The van der Waals surface area contributed by atoms with Gasteiger partial charge in [-0.05, 0) is 30.7 Å². The highest BCUT2D eigenvalue weighted by Crippen LogP contribution is 2.22. The number of hydrogen-bond donors (Lipinski definition) is 1. The Morgan fingerprint density at radius 3 is 3.07 bits per heavy atom. The van der Waals surface area contributed by atoms with Crippen LogP contribution in [-0.2, 0) is 11.3 Å². The standard InChI is InChI=1S/C9H17N5O/c1-6(10)9-11-12-13-14(9)5-8-3-4-15-7(8)2/h6-8H,3-5,10H2,1-2H3. The summed E-state index contributed by atoms with van der Waals surface area (Å²) in [7, 11) is 0. The summed E-state index contributed by atoms with van der Waals surface area (Å²) in [5.41, 5.74) is 5.77. The minimum absolute atomic E-state index is 0.127. The van der Waals surface area contributed by atoms with Gasteiger partial charge in [-0.15, -0.1) is 5.10 Å². The molecule has 6 nitrogen and oxygen atoms in total. The average Bonchev–Trinajstić information content (AvgIpc) is 2.77. The first-order valence-corrected chi connectivity index (χ1v) is 5.31. The molecule has 1 aromatic heterocycles. The molecule has 2 N–H and O–H groups in total. The van der Waals surface area contributed by atoms with Gasteiger partial charge in [0.2, 0.25) is 0 Å². The van der Waals surface area contributed by atoms with Crippen molar-refractivity contribution in [3.63, 3.8) is 0 Å². The van der Waals surface area contributed by atoms with Gasteiger partial charge in [-0.25, -0.2) is 4.68 Å². The summed E-state index contributed by atoms with van der Waals surface area (Å²) in [5.74, 6) is 1.24. The van der Waals surface area contributed by atoms with Gasteiger partial charge >= 0.3 is 0 Å². The van der Waals surface area contributed by atoms with E-state index < -0.39 is 0 Å². The molecular formula is C9H17N5O. The van der Waals surface area contributed by atoms with Crippen molar-refractivity contribution in [2.24, 2.45) is 11.7 Å². The molecular weight excluding hydrogens is 194 g/mol. The normalized spacial score (nSPS) is 28.2. The summed E-state index contributed by atoms with van der Waals surface area (Å²) in [6.45, 7) is 5.61. The lowest BCUT2D eigenvalue weighted by atomic mass is 10.0. The first-order valence-electron chi connectivity index (χ1n) is 5.31. The molecule has 0 radical (unpaired) electrons. The molecule has 1 aromatic rings. The smallest absolute Gasteiger partial charge is 0.167 e. The summed E-state index contributed by atoms with van der Waals surface area (Å²) in [4.78, 5) is 0. The molecule has 0 amide bonds. The predicted octanol–water partition coefficient (Wildman–Crippen LogP) is 0.118. The molecule has 2 rings (SSSR count). The van der Waals surface area contributed by atoms with Crippen LogP contribution in [0.2, 0.25) is 0 Å². The molecule has 6 heteroatoms. The average molecular weight is 211 g/mol. The molecule has 15 heavy (non-hydrogen) atoms. The monoisotopic (exact) mass is 211 g/mol. The third kappa shape index (κ3) is 2.15. The van der Waals surface area contributed by atoms with E-state index in [2.05, 4.69) is 22.4 Å². The number of nitrogens with two attached hydrogens (primary N) is 1. The summed E-state index contributed by atoms with van der Waals surface area (Å²) in [6, 6.07) is -0.127. The number of hydrogen-bond acceptors (Lipinski definition) is 5. The van der Waals surface area contributed by atoms with Gasteiger partial charge in [0.1, 0.15) is 0 Å². The van der Waals surface area contributed by atoms with Crippen LogP contribution in [0.1, 0.15) is 32.1 Å². The van der Waals surface area contributed by atoms with Crippen LogP contribution in [0.25, 0.3) is 0 Å². The maximum absolute atomic E-state index is 5.77. The Balaban J connectivity index is 2.06. The van der Waals surface area contributed by atoms with Crippen LogP contribution in [0.5, 0.6) is 0 Å². The molecule has 0 aromatic carbocycles. The zero-order chi connectivity index (χ0) is 10.8. The van der Waals surface area contributed by atoms with Crippen LogP contribution in [0, 0.1) is 5.92 Å². The number of rotatable bonds is 3. The van der Waals surface area contributed by atoms with Crippen LogP contribution >= 0.6 is 0 Å². The van der Waals surface area contributed by atoms with E-state index in [1.807, 2.05) is 6.92 Å². The summed E-state index contributed by atoms with van der Waals surface area (Å²) in [6.07, 6.45) is 1.36. The van der Waals surface area contributed by atoms with Crippen LogP contribution in [0.3, 0.4) is 0 Å². The fraction of sp³-hybridized carbons (Fsp3) is 0.889. The Morgan fingerprint density at radius 2 is 2.47 bits per heavy atom. The number of tetrazole rings is 1. The molecule has 2 heterocycles. The lowest BCUT2D eigenvalue weighted by molar-refractivity contribution is 0.100. The van der Waals surface area contributed by atoms with Gasteiger partial charge in [-0.1, -0.05) is 0 Å². The maximum Gasteiger partial charge on any atom is 0.167 e. The highest BCUT2D eigenvalue weighted by Gasteiger charge is 2.26. The molecule has 0 aliphatic carbocycles. The van der Waals surface area contributed by atoms with Crippen LogP contribution in [-0.4, -0.2) is 32.9 Å². The summed E-state index contributed by atoms with van der Waals surface area (Å²) < 4.78 is 7.29. The van der Waals surface area contributed by atoms with Gasteiger partial charge in [0.05, 0.1) is 18.7 Å². The second-order valence-corrected chi connectivity index (χ2v) is 4.13. The highest BCUT2D eigenvalue weighted by atomic mass is 16.5. The van der Waals surface area contributed by atoms with E-state index in [0.29, 0.717) is 5.92 Å². The molecule has 3 atom stereocenters. The molecule has 0 saturated carbocycles. The first kappa shape index (κ1) is 10.5. The zero-order valence-corrected chi connectivity index (χ0v) is 9.13. The van der Waals surface area contributed by atoms with Crippen molar-refractivity contribution >= 4 is 0 Å². The van der Waals surface area contributed by atoms with Gasteiger partial charge < -0.3 is 10.5 Å². The predicted molar refractivity (Wildman–Crippen MR) is 53.9 cm³/mol. The van der Waals surface area contributed by atoms with Gasteiger partial charge in [0.25, 0.3) is 0 Å². The number of ether oxygens (including phenoxy) is 1. The van der Waals surface area contributed by atoms with Gasteiger partial charge in [-0.3, -0.25) is 0 Å². The molecule has 0 spiro atoms. The minimum Gasteiger partial charge on any atom is -0.378 e. The van der Waals surface area contributed by atoms with Crippen molar-refractivity contribution in [2.45, 2.75) is 39.0 Å². The molecule has 1 aliphatic heterocycles. The van der Waals surface area contributed by atoms with Crippen molar-refractivity contribution in [1.82, 2.24) is 20.2 Å². The zero-order valence-electron chi connectivity index (χ0n) is 9.13. The SMILES string of the molecule is CC(N)c1nnnn1CC1CCOC1C. The van der Waals surface area contributed by atoms with E-state index in [9.17, 15) is 0 Å². The molecule has 1 saturated heterocycles. The number of aromatic nitrogens is 4. The summed E-state index contributed by atoms with van der Waals surface area (Å²) in [5, 5.41) is 11.5. The van der Waals surface area contributed by atoms with Crippen molar-refractivity contribution in [1.29, 1.82) is 0 Å². The molecule has 1 fully saturated rings. The molecule has 1 aliphatic rings. The largest absolute Gasteiger partial charge is 0.378 e. The molecule has 84 valence electrons.